The third-order valence-electron chi connectivity index (χ3n) is 4.27. The maximum absolute atomic E-state index is 13.1. The van der Waals surface area contributed by atoms with Crippen molar-refractivity contribution < 1.29 is 8.42 Å². The number of benzene rings is 1. The number of hydrogen-bond donors (Lipinski definition) is 0. The average Bonchev–Trinajstić information content (AvgIpc) is 3.05. The zero-order chi connectivity index (χ0) is 16.4. The zero-order valence-electron chi connectivity index (χ0n) is 13.5. The van der Waals surface area contributed by atoms with Gasteiger partial charge in [-0.25, -0.2) is 8.42 Å². The lowest BCUT2D eigenvalue weighted by Gasteiger charge is -2.39. The summed E-state index contributed by atoms with van der Waals surface area (Å²) in [5.41, 5.74) is 1.05. The second-order valence-electron chi connectivity index (χ2n) is 5.88. The monoisotopic (exact) mass is 350 g/mol. The second-order valence-corrected chi connectivity index (χ2v) is 9.16. The minimum Gasteiger partial charge on any atom is -0.303 e. The van der Waals surface area contributed by atoms with Crippen molar-refractivity contribution in [1.29, 1.82) is 0 Å². The normalized spacial score (nSPS) is 20.7. The van der Waals surface area contributed by atoms with Crippen molar-refractivity contribution in [2.75, 3.05) is 26.7 Å². The Labute approximate surface area is 142 Å². The first-order chi connectivity index (χ1) is 11.0. The minimum absolute atomic E-state index is 0.132. The molecule has 0 radical (unpaired) electrons. The van der Waals surface area contributed by atoms with E-state index in [0.717, 1.165) is 30.0 Å². The largest absolute Gasteiger partial charge is 0.303 e. The van der Waals surface area contributed by atoms with Gasteiger partial charge in [0, 0.05) is 24.5 Å². The van der Waals surface area contributed by atoms with Crippen molar-refractivity contribution in [2.45, 2.75) is 23.6 Å². The van der Waals surface area contributed by atoms with Crippen LogP contribution in [0.3, 0.4) is 0 Å². The number of nitrogens with zero attached hydrogens (tertiary/aromatic N) is 2. The average molecular weight is 351 g/mol. The highest BCUT2D eigenvalue weighted by Gasteiger charge is 2.36. The molecule has 1 atom stereocenters. The Kier molecular flexibility index (Phi) is 4.87. The highest BCUT2D eigenvalue weighted by Crippen LogP contribution is 2.33. The van der Waals surface area contributed by atoms with Crippen LogP contribution >= 0.6 is 11.3 Å². The first kappa shape index (κ1) is 16.6. The van der Waals surface area contributed by atoms with Crippen LogP contribution < -0.4 is 0 Å². The van der Waals surface area contributed by atoms with Crippen LogP contribution in [-0.4, -0.2) is 44.3 Å². The molecule has 0 aliphatic carbocycles. The predicted octanol–water partition coefficient (Wildman–Crippen LogP) is 2.99. The molecule has 23 heavy (non-hydrogen) atoms. The topological polar surface area (TPSA) is 40.6 Å². The Morgan fingerprint density at radius 1 is 1.13 bits per heavy atom. The SMILES string of the molecule is CCc1ccc(S(=O)(=O)N2CCN(C)CC2c2ccccc2)s1. The molecule has 0 saturated carbocycles. The molecule has 1 aromatic heterocycles. The summed E-state index contributed by atoms with van der Waals surface area (Å²) in [4.78, 5) is 3.30. The molecule has 0 spiro atoms. The van der Waals surface area contributed by atoms with Crippen LogP contribution in [0.4, 0.5) is 0 Å². The molecule has 1 unspecified atom stereocenters. The van der Waals surface area contributed by atoms with Gasteiger partial charge in [0.05, 0.1) is 6.04 Å². The van der Waals surface area contributed by atoms with Gasteiger partial charge in [-0.2, -0.15) is 4.31 Å². The Bertz CT molecular complexity index is 756. The van der Waals surface area contributed by atoms with Gasteiger partial charge >= 0.3 is 0 Å². The van der Waals surface area contributed by atoms with Crippen molar-refractivity contribution >= 4 is 21.4 Å². The molecule has 2 heterocycles. The van der Waals surface area contributed by atoms with Gasteiger partial charge in [-0.1, -0.05) is 37.3 Å². The summed E-state index contributed by atoms with van der Waals surface area (Å²) >= 11 is 1.39. The molecule has 1 aromatic carbocycles. The summed E-state index contributed by atoms with van der Waals surface area (Å²) in [6, 6.07) is 13.5. The third-order valence-corrected chi connectivity index (χ3v) is 7.87. The lowest BCUT2D eigenvalue weighted by atomic mass is 10.1. The van der Waals surface area contributed by atoms with Crippen molar-refractivity contribution in [1.82, 2.24) is 9.21 Å². The fourth-order valence-electron chi connectivity index (χ4n) is 2.94. The number of thiophene rings is 1. The molecule has 4 nitrogen and oxygen atoms in total. The van der Waals surface area contributed by atoms with E-state index in [1.807, 2.05) is 50.4 Å². The van der Waals surface area contributed by atoms with Crippen LogP contribution in [0.1, 0.15) is 23.4 Å². The second kappa shape index (κ2) is 6.73. The molecular formula is C17H22N2O2S2. The molecule has 1 fully saturated rings. The number of likely N-dealkylation sites (N-methyl/N-ethyl adjacent to an activating group) is 1. The Morgan fingerprint density at radius 2 is 1.87 bits per heavy atom. The summed E-state index contributed by atoms with van der Waals surface area (Å²) in [5, 5.41) is 0. The van der Waals surface area contributed by atoms with Crippen LogP contribution in [0, 0.1) is 0 Å². The van der Waals surface area contributed by atoms with E-state index in [2.05, 4.69) is 4.90 Å². The third kappa shape index (κ3) is 3.35. The molecule has 6 heteroatoms. The van der Waals surface area contributed by atoms with Gasteiger partial charge in [0.25, 0.3) is 10.0 Å². The molecule has 1 aliphatic rings. The number of aryl methyl sites for hydroxylation is 1. The molecule has 2 aromatic rings. The summed E-state index contributed by atoms with van der Waals surface area (Å²) in [7, 11) is -1.40. The first-order valence-electron chi connectivity index (χ1n) is 7.86. The summed E-state index contributed by atoms with van der Waals surface area (Å²) in [5.74, 6) is 0. The van der Waals surface area contributed by atoms with Crippen molar-refractivity contribution in [3.05, 3.63) is 52.9 Å². The van der Waals surface area contributed by atoms with Gasteiger partial charge in [0.1, 0.15) is 4.21 Å². The lowest BCUT2D eigenvalue weighted by Crippen LogP contribution is -2.49. The van der Waals surface area contributed by atoms with E-state index >= 15 is 0 Å². The molecule has 1 saturated heterocycles. The number of piperazine rings is 1. The summed E-state index contributed by atoms with van der Waals surface area (Å²) in [6.45, 7) is 4.05. The van der Waals surface area contributed by atoms with Crippen molar-refractivity contribution in [3.63, 3.8) is 0 Å². The van der Waals surface area contributed by atoms with E-state index in [1.54, 1.807) is 10.4 Å². The van der Waals surface area contributed by atoms with Gasteiger partial charge in [-0.15, -0.1) is 11.3 Å². The van der Waals surface area contributed by atoms with Gasteiger partial charge in [0.15, 0.2) is 0 Å². The zero-order valence-corrected chi connectivity index (χ0v) is 15.1. The van der Waals surface area contributed by atoms with E-state index < -0.39 is 10.0 Å². The molecule has 1 aliphatic heterocycles. The Morgan fingerprint density at radius 3 is 2.52 bits per heavy atom. The van der Waals surface area contributed by atoms with Crippen molar-refractivity contribution in [3.8, 4) is 0 Å². The number of rotatable bonds is 4. The molecule has 124 valence electrons. The maximum atomic E-state index is 13.1. The first-order valence-corrected chi connectivity index (χ1v) is 10.1. The predicted molar refractivity (Wildman–Crippen MR) is 94.3 cm³/mol. The number of sulfonamides is 1. The summed E-state index contributed by atoms with van der Waals surface area (Å²) in [6.07, 6.45) is 0.866. The van der Waals surface area contributed by atoms with Gasteiger partial charge < -0.3 is 4.90 Å². The summed E-state index contributed by atoms with van der Waals surface area (Å²) < 4.78 is 28.4. The fourth-order valence-corrected chi connectivity index (χ4v) is 5.96. The van der Waals surface area contributed by atoms with Crippen LogP contribution in [-0.2, 0) is 16.4 Å². The van der Waals surface area contributed by atoms with Gasteiger partial charge in [-0.05, 0) is 31.2 Å². The minimum atomic E-state index is -3.45. The molecular weight excluding hydrogens is 328 g/mol. The van der Waals surface area contributed by atoms with E-state index in [-0.39, 0.29) is 6.04 Å². The molecule has 0 N–H and O–H groups in total. The van der Waals surface area contributed by atoms with E-state index in [1.165, 1.54) is 11.3 Å². The lowest BCUT2D eigenvalue weighted by molar-refractivity contribution is 0.161. The molecule has 3 rings (SSSR count). The number of hydrogen-bond acceptors (Lipinski definition) is 4. The maximum Gasteiger partial charge on any atom is 0.253 e. The quantitative estimate of drug-likeness (QED) is 0.851. The fraction of sp³-hybridized carbons (Fsp3) is 0.412. The highest BCUT2D eigenvalue weighted by molar-refractivity contribution is 7.91. The Balaban J connectivity index is 1.97. The molecule has 0 amide bonds. The van der Waals surface area contributed by atoms with Crippen LogP contribution in [0.5, 0.6) is 0 Å². The van der Waals surface area contributed by atoms with Crippen molar-refractivity contribution in [2.24, 2.45) is 0 Å². The molecule has 0 bridgehead atoms. The van der Waals surface area contributed by atoms with E-state index in [4.69, 9.17) is 0 Å². The smallest absolute Gasteiger partial charge is 0.253 e. The van der Waals surface area contributed by atoms with Gasteiger partial charge in [-0.3, -0.25) is 0 Å². The van der Waals surface area contributed by atoms with Gasteiger partial charge in [0.2, 0.25) is 0 Å². The van der Waals surface area contributed by atoms with E-state index in [0.29, 0.717) is 10.8 Å². The van der Waals surface area contributed by atoms with Crippen LogP contribution in [0.15, 0.2) is 46.7 Å². The standard InChI is InChI=1S/C17H22N2O2S2/c1-3-15-9-10-17(22-15)23(20,21)19-12-11-18(2)13-16(19)14-7-5-4-6-8-14/h4-10,16H,3,11-13H2,1-2H3. The van der Waals surface area contributed by atoms with E-state index in [9.17, 15) is 8.42 Å². The van der Waals surface area contributed by atoms with Crippen LogP contribution in [0.2, 0.25) is 0 Å². The van der Waals surface area contributed by atoms with Crippen LogP contribution in [0.25, 0.3) is 0 Å². The Hall–Kier alpha value is -1.21. The highest BCUT2D eigenvalue weighted by atomic mass is 32.2.